The van der Waals surface area contributed by atoms with Crippen LogP contribution in [0.4, 0.5) is 5.69 Å². The quantitative estimate of drug-likeness (QED) is 0.783. The molecule has 0 fully saturated rings. The van der Waals surface area contributed by atoms with Crippen molar-refractivity contribution in [3.8, 4) is 5.75 Å². The number of hydrogen-bond acceptors (Lipinski definition) is 5. The van der Waals surface area contributed by atoms with Crippen molar-refractivity contribution in [2.75, 3.05) is 18.1 Å². The fourth-order valence-corrected chi connectivity index (χ4v) is 3.22. The van der Waals surface area contributed by atoms with Gasteiger partial charge in [-0.1, -0.05) is 30.3 Å². The lowest BCUT2D eigenvalue weighted by molar-refractivity contribution is -0.151. The maximum Gasteiger partial charge on any atom is 0.349 e. The van der Waals surface area contributed by atoms with Crippen molar-refractivity contribution in [3.63, 3.8) is 0 Å². The van der Waals surface area contributed by atoms with Crippen molar-refractivity contribution < 1.29 is 19.1 Å². The maximum absolute atomic E-state index is 12.6. The fourth-order valence-electron chi connectivity index (χ4n) is 3.22. The Hall–Kier alpha value is -3.02. The predicted molar refractivity (Wildman–Crippen MR) is 112 cm³/mol. The Morgan fingerprint density at radius 1 is 1.17 bits per heavy atom. The summed E-state index contributed by atoms with van der Waals surface area (Å²) in [6, 6.07) is 15.3. The van der Waals surface area contributed by atoms with Gasteiger partial charge in [0.1, 0.15) is 5.75 Å². The van der Waals surface area contributed by atoms with Gasteiger partial charge in [0.15, 0.2) is 0 Å². The van der Waals surface area contributed by atoms with Gasteiger partial charge in [0.25, 0.3) is 5.91 Å². The minimum absolute atomic E-state index is 0.146. The first-order valence-corrected chi connectivity index (χ1v) is 9.85. The molecule has 0 spiro atoms. The van der Waals surface area contributed by atoms with Crippen molar-refractivity contribution in [2.45, 2.75) is 45.9 Å². The fraction of sp³-hybridized carbons (Fsp3) is 0.391. The third-order valence-electron chi connectivity index (χ3n) is 4.47. The average molecular weight is 396 g/mol. The largest absolute Gasteiger partial charge is 0.475 e. The maximum atomic E-state index is 12.6. The SMILES string of the molecule is CCOC(=O)C1CN(Cc2ccccc2)c2cc(C(=O)NC(C)(C)C)ccc2O1. The zero-order chi connectivity index (χ0) is 21.0. The van der Waals surface area contributed by atoms with Gasteiger partial charge < -0.3 is 19.7 Å². The lowest BCUT2D eigenvalue weighted by Gasteiger charge is -2.35. The number of fused-ring (bicyclic) bond motifs is 1. The number of esters is 1. The second-order valence-electron chi connectivity index (χ2n) is 8.11. The topological polar surface area (TPSA) is 67.9 Å². The van der Waals surface area contributed by atoms with Gasteiger partial charge >= 0.3 is 5.97 Å². The molecule has 3 rings (SSSR count). The summed E-state index contributed by atoms with van der Waals surface area (Å²) in [4.78, 5) is 27.0. The molecule has 0 aromatic heterocycles. The smallest absolute Gasteiger partial charge is 0.349 e. The van der Waals surface area contributed by atoms with Crippen molar-refractivity contribution in [2.24, 2.45) is 0 Å². The normalized spacial score (nSPS) is 15.9. The number of ether oxygens (including phenoxy) is 2. The molecule has 1 N–H and O–H groups in total. The molecule has 2 aromatic rings. The number of nitrogens with zero attached hydrogens (tertiary/aromatic N) is 1. The van der Waals surface area contributed by atoms with Crippen LogP contribution in [0.15, 0.2) is 48.5 Å². The van der Waals surface area contributed by atoms with Gasteiger partial charge in [0.05, 0.1) is 18.8 Å². The number of carbonyl (C=O) groups excluding carboxylic acids is 2. The average Bonchev–Trinajstić information content (AvgIpc) is 2.67. The summed E-state index contributed by atoms with van der Waals surface area (Å²) in [5, 5.41) is 2.98. The van der Waals surface area contributed by atoms with Crippen molar-refractivity contribution in [3.05, 3.63) is 59.7 Å². The number of rotatable bonds is 5. The third-order valence-corrected chi connectivity index (χ3v) is 4.47. The Labute approximate surface area is 171 Å². The summed E-state index contributed by atoms with van der Waals surface area (Å²) in [7, 11) is 0. The molecule has 2 aromatic carbocycles. The first-order chi connectivity index (χ1) is 13.8. The van der Waals surface area contributed by atoms with Crippen molar-refractivity contribution in [1.29, 1.82) is 0 Å². The van der Waals surface area contributed by atoms with E-state index in [0.717, 1.165) is 11.3 Å². The van der Waals surface area contributed by atoms with Gasteiger partial charge in [-0.3, -0.25) is 4.79 Å². The van der Waals surface area contributed by atoms with E-state index >= 15 is 0 Å². The molecule has 1 atom stereocenters. The van der Waals surface area contributed by atoms with Gasteiger partial charge in [-0.15, -0.1) is 0 Å². The molecule has 0 aliphatic carbocycles. The van der Waals surface area contributed by atoms with Crippen LogP contribution in [-0.4, -0.2) is 36.7 Å². The summed E-state index contributed by atoms with van der Waals surface area (Å²) in [5.41, 5.74) is 2.11. The minimum Gasteiger partial charge on any atom is -0.475 e. The van der Waals surface area contributed by atoms with E-state index in [-0.39, 0.29) is 17.4 Å². The van der Waals surface area contributed by atoms with Gasteiger partial charge in [0.2, 0.25) is 6.10 Å². The Balaban J connectivity index is 1.92. The number of hydrogen-bond donors (Lipinski definition) is 1. The standard InChI is InChI=1S/C23H28N2O4/c1-5-28-22(27)20-15-25(14-16-9-7-6-8-10-16)18-13-17(11-12-19(18)29-20)21(26)24-23(2,3)4/h6-13,20H,5,14-15H2,1-4H3,(H,24,26). The molecule has 1 unspecified atom stereocenters. The van der Waals surface area contributed by atoms with Crippen LogP contribution < -0.4 is 15.0 Å². The zero-order valence-corrected chi connectivity index (χ0v) is 17.4. The van der Waals surface area contributed by atoms with Crippen LogP contribution in [0.1, 0.15) is 43.6 Å². The second kappa shape index (κ2) is 8.55. The molecular weight excluding hydrogens is 368 g/mol. The highest BCUT2D eigenvalue weighted by molar-refractivity contribution is 5.96. The molecule has 0 saturated heterocycles. The molecule has 1 aliphatic heterocycles. The van der Waals surface area contributed by atoms with Gasteiger partial charge in [-0.05, 0) is 51.5 Å². The van der Waals surface area contributed by atoms with Crippen LogP contribution in [0.2, 0.25) is 0 Å². The molecule has 1 aliphatic rings. The Bertz CT molecular complexity index is 874. The predicted octanol–water partition coefficient (Wildman–Crippen LogP) is 3.55. The number of amides is 1. The molecule has 0 bridgehead atoms. The number of nitrogens with one attached hydrogen (secondary N) is 1. The molecule has 154 valence electrons. The van der Waals surface area contributed by atoms with Crippen molar-refractivity contribution in [1.82, 2.24) is 5.32 Å². The molecule has 6 heteroatoms. The van der Waals surface area contributed by atoms with E-state index < -0.39 is 6.10 Å². The highest BCUT2D eigenvalue weighted by Crippen LogP contribution is 2.35. The van der Waals surface area contributed by atoms with E-state index in [4.69, 9.17) is 9.47 Å². The van der Waals surface area contributed by atoms with E-state index in [0.29, 0.717) is 31.0 Å². The summed E-state index contributed by atoms with van der Waals surface area (Å²) < 4.78 is 11.1. The highest BCUT2D eigenvalue weighted by atomic mass is 16.6. The molecule has 0 saturated carbocycles. The Morgan fingerprint density at radius 2 is 1.90 bits per heavy atom. The van der Waals surface area contributed by atoms with Crippen LogP contribution in [0, 0.1) is 0 Å². The Kier molecular flexibility index (Phi) is 6.11. The van der Waals surface area contributed by atoms with Crippen molar-refractivity contribution >= 4 is 17.6 Å². The van der Waals surface area contributed by atoms with Crippen LogP contribution in [0.25, 0.3) is 0 Å². The molecule has 29 heavy (non-hydrogen) atoms. The van der Waals surface area contributed by atoms with Crippen LogP contribution in [0.3, 0.4) is 0 Å². The first kappa shape index (κ1) is 20.7. The summed E-state index contributed by atoms with van der Waals surface area (Å²) in [5.74, 6) is 0.0378. The summed E-state index contributed by atoms with van der Waals surface area (Å²) in [6.45, 7) is 8.85. The Morgan fingerprint density at radius 3 is 2.55 bits per heavy atom. The first-order valence-electron chi connectivity index (χ1n) is 9.85. The summed E-state index contributed by atoms with van der Waals surface area (Å²) in [6.07, 6.45) is -0.708. The van der Waals surface area contributed by atoms with Crippen LogP contribution >= 0.6 is 0 Å². The molecule has 1 heterocycles. The van der Waals surface area contributed by atoms with E-state index in [1.54, 1.807) is 19.1 Å². The highest BCUT2D eigenvalue weighted by Gasteiger charge is 2.32. The van der Waals surface area contributed by atoms with E-state index in [2.05, 4.69) is 10.2 Å². The third kappa shape index (κ3) is 5.28. The minimum atomic E-state index is -0.708. The van der Waals surface area contributed by atoms with Gasteiger partial charge in [-0.2, -0.15) is 0 Å². The number of carbonyl (C=O) groups is 2. The zero-order valence-electron chi connectivity index (χ0n) is 17.4. The van der Waals surface area contributed by atoms with Crippen LogP contribution in [-0.2, 0) is 16.1 Å². The monoisotopic (exact) mass is 396 g/mol. The molecular formula is C23H28N2O4. The molecule has 1 amide bonds. The second-order valence-corrected chi connectivity index (χ2v) is 8.11. The number of benzene rings is 2. The van der Waals surface area contributed by atoms with E-state index in [9.17, 15) is 9.59 Å². The number of anilines is 1. The lowest BCUT2D eigenvalue weighted by atomic mass is 10.1. The molecule has 6 nitrogen and oxygen atoms in total. The van der Waals surface area contributed by atoms with Crippen LogP contribution in [0.5, 0.6) is 5.75 Å². The van der Waals surface area contributed by atoms with E-state index in [1.165, 1.54) is 0 Å². The van der Waals surface area contributed by atoms with Gasteiger partial charge in [-0.25, -0.2) is 4.79 Å². The van der Waals surface area contributed by atoms with Gasteiger partial charge in [0, 0.05) is 17.6 Å². The molecule has 0 radical (unpaired) electrons. The van der Waals surface area contributed by atoms with E-state index in [1.807, 2.05) is 57.2 Å². The lowest BCUT2D eigenvalue weighted by Crippen LogP contribution is -2.45. The summed E-state index contributed by atoms with van der Waals surface area (Å²) >= 11 is 0.